The molecule has 0 aromatic carbocycles. The molecule has 0 spiro atoms. The van der Waals surface area contributed by atoms with E-state index in [4.69, 9.17) is 5.73 Å². The molecule has 0 saturated heterocycles. The van der Waals surface area contributed by atoms with E-state index < -0.39 is 0 Å². The Balaban J connectivity index is 3.50. The summed E-state index contributed by atoms with van der Waals surface area (Å²) in [5.74, 6) is 0. The van der Waals surface area contributed by atoms with Crippen molar-refractivity contribution in [2.75, 3.05) is 0 Å². The number of rotatable bonds is 1. The van der Waals surface area contributed by atoms with Crippen LogP contribution < -0.4 is 5.73 Å². The molecule has 0 heterocycles. The lowest BCUT2D eigenvalue weighted by atomic mass is 10.4. The van der Waals surface area contributed by atoms with Crippen LogP contribution in [0.25, 0.3) is 0 Å². The van der Waals surface area contributed by atoms with Gasteiger partial charge < -0.3 is 5.73 Å². The van der Waals surface area contributed by atoms with Crippen LogP contribution >= 0.6 is 12.2 Å². The number of nitrogens with two attached hydrogens (primary N) is 1. The second-order valence-corrected chi connectivity index (χ2v) is 1.26. The molecule has 0 radical (unpaired) electrons. The number of hydrogen-bond donors (Lipinski definition) is 1. The minimum atomic E-state index is 0.935. The van der Waals surface area contributed by atoms with Crippen molar-refractivity contribution in [2.24, 2.45) is 5.73 Å². The SMILES string of the molecule is C/C(C=S)=C/N. The highest BCUT2D eigenvalue weighted by Crippen LogP contribution is 1.78. The van der Waals surface area contributed by atoms with Crippen LogP contribution in [0.5, 0.6) is 0 Å². The van der Waals surface area contributed by atoms with Gasteiger partial charge in [0.05, 0.1) is 0 Å². The Kier molecular flexibility index (Phi) is 2.67. The molecular weight excluding hydrogens is 94.1 g/mol. The Morgan fingerprint density at radius 1 is 1.83 bits per heavy atom. The van der Waals surface area contributed by atoms with E-state index in [0.717, 1.165) is 5.57 Å². The first kappa shape index (κ1) is 5.63. The lowest BCUT2D eigenvalue weighted by Crippen LogP contribution is -1.81. The first-order valence-corrected chi connectivity index (χ1v) is 2.12. The fourth-order valence-corrected chi connectivity index (χ4v) is 0.118. The quantitative estimate of drug-likeness (QED) is 0.391. The summed E-state index contributed by atoms with van der Waals surface area (Å²) < 4.78 is 0. The number of thiocarbonyl (C=S) groups is 1. The second-order valence-electron chi connectivity index (χ2n) is 1.03. The van der Waals surface area contributed by atoms with Gasteiger partial charge in [-0.05, 0) is 18.7 Å². The summed E-state index contributed by atoms with van der Waals surface area (Å²) in [5.41, 5.74) is 5.96. The molecule has 0 aromatic heterocycles. The molecule has 0 fully saturated rings. The summed E-state index contributed by atoms with van der Waals surface area (Å²) in [4.78, 5) is 0. The standard InChI is InChI=1S/C4H7NS/c1-4(2-5)3-6/h2-3H,5H2,1H3/b4-2-. The van der Waals surface area contributed by atoms with Crippen LogP contribution in [0.3, 0.4) is 0 Å². The van der Waals surface area contributed by atoms with Crippen molar-refractivity contribution in [3.05, 3.63) is 11.8 Å². The van der Waals surface area contributed by atoms with Gasteiger partial charge in [-0.2, -0.15) is 0 Å². The van der Waals surface area contributed by atoms with Crippen molar-refractivity contribution in [1.82, 2.24) is 0 Å². The van der Waals surface area contributed by atoms with Crippen LogP contribution in [0.4, 0.5) is 0 Å². The third kappa shape index (κ3) is 1.91. The van der Waals surface area contributed by atoms with E-state index in [1.54, 1.807) is 5.37 Å². The Morgan fingerprint density at radius 3 is 2.33 bits per heavy atom. The molecule has 0 bridgehead atoms. The fourth-order valence-electron chi connectivity index (χ4n) is 0.0393. The molecule has 0 atom stereocenters. The summed E-state index contributed by atoms with van der Waals surface area (Å²) in [6.45, 7) is 1.85. The zero-order valence-electron chi connectivity index (χ0n) is 3.64. The molecule has 0 rings (SSSR count). The van der Waals surface area contributed by atoms with Gasteiger partial charge >= 0.3 is 0 Å². The van der Waals surface area contributed by atoms with E-state index >= 15 is 0 Å². The predicted molar refractivity (Wildman–Crippen MR) is 31.6 cm³/mol. The van der Waals surface area contributed by atoms with Crippen molar-refractivity contribution in [2.45, 2.75) is 6.92 Å². The largest absolute Gasteiger partial charge is 0.404 e. The van der Waals surface area contributed by atoms with Crippen LogP contribution in [0.1, 0.15) is 6.92 Å². The molecule has 0 unspecified atom stereocenters. The summed E-state index contributed by atoms with van der Waals surface area (Å²) in [5, 5.41) is 1.54. The zero-order chi connectivity index (χ0) is 4.99. The average molecular weight is 101 g/mol. The Hall–Kier alpha value is -0.370. The first-order chi connectivity index (χ1) is 2.81. The molecule has 1 nitrogen and oxygen atoms in total. The predicted octanol–water partition coefficient (Wildman–Crippen LogP) is 0.849. The Morgan fingerprint density at radius 2 is 2.33 bits per heavy atom. The third-order valence-corrected chi connectivity index (χ3v) is 0.821. The van der Waals surface area contributed by atoms with Gasteiger partial charge in [0.2, 0.25) is 0 Å². The lowest BCUT2D eigenvalue weighted by Gasteiger charge is -1.77. The number of allylic oxidation sites excluding steroid dienone is 1. The highest BCUT2D eigenvalue weighted by Gasteiger charge is 1.69. The summed E-state index contributed by atoms with van der Waals surface area (Å²) in [6, 6.07) is 0. The van der Waals surface area contributed by atoms with Gasteiger partial charge in [-0.25, -0.2) is 0 Å². The Bertz CT molecular complexity index is 75.6. The average Bonchev–Trinajstić information content (AvgIpc) is 1.65. The van der Waals surface area contributed by atoms with E-state index in [0.29, 0.717) is 0 Å². The van der Waals surface area contributed by atoms with E-state index in [2.05, 4.69) is 12.2 Å². The van der Waals surface area contributed by atoms with Crippen molar-refractivity contribution >= 4 is 17.6 Å². The van der Waals surface area contributed by atoms with Crippen molar-refractivity contribution in [3.8, 4) is 0 Å². The molecule has 34 valence electrons. The van der Waals surface area contributed by atoms with E-state index in [-0.39, 0.29) is 0 Å². The van der Waals surface area contributed by atoms with Crippen molar-refractivity contribution in [3.63, 3.8) is 0 Å². The monoisotopic (exact) mass is 101 g/mol. The van der Waals surface area contributed by atoms with Crippen LogP contribution in [-0.2, 0) is 0 Å². The minimum absolute atomic E-state index is 0.935. The summed E-state index contributed by atoms with van der Waals surface area (Å²) in [7, 11) is 0. The maximum atomic E-state index is 5.02. The van der Waals surface area contributed by atoms with Crippen LogP contribution in [0.2, 0.25) is 0 Å². The molecular formula is C4H7NS. The minimum Gasteiger partial charge on any atom is -0.404 e. The van der Waals surface area contributed by atoms with Gasteiger partial charge in [-0.3, -0.25) is 0 Å². The van der Waals surface area contributed by atoms with Gasteiger partial charge in [-0.15, -0.1) is 0 Å². The molecule has 0 aromatic rings. The first-order valence-electron chi connectivity index (χ1n) is 1.65. The molecule has 0 aliphatic heterocycles. The second kappa shape index (κ2) is 2.85. The van der Waals surface area contributed by atoms with E-state index in [9.17, 15) is 0 Å². The van der Waals surface area contributed by atoms with E-state index in [1.165, 1.54) is 6.20 Å². The topological polar surface area (TPSA) is 26.0 Å². The smallest absolute Gasteiger partial charge is 0.00571 e. The van der Waals surface area contributed by atoms with Crippen LogP contribution in [0.15, 0.2) is 11.8 Å². The molecule has 0 saturated carbocycles. The van der Waals surface area contributed by atoms with Crippen molar-refractivity contribution < 1.29 is 0 Å². The fraction of sp³-hybridized carbons (Fsp3) is 0.250. The zero-order valence-corrected chi connectivity index (χ0v) is 4.46. The van der Waals surface area contributed by atoms with E-state index in [1.807, 2.05) is 6.92 Å². The third-order valence-electron chi connectivity index (χ3n) is 0.449. The molecule has 0 aliphatic carbocycles. The molecule has 0 aliphatic rings. The molecule has 6 heavy (non-hydrogen) atoms. The van der Waals surface area contributed by atoms with Gasteiger partial charge in [-0.1, -0.05) is 12.2 Å². The summed E-state index contributed by atoms with van der Waals surface area (Å²) >= 11 is 4.50. The maximum Gasteiger partial charge on any atom is 0.00571 e. The molecule has 2 N–H and O–H groups in total. The van der Waals surface area contributed by atoms with Gasteiger partial charge in [0.1, 0.15) is 0 Å². The highest BCUT2D eigenvalue weighted by atomic mass is 32.1. The number of hydrogen-bond acceptors (Lipinski definition) is 2. The lowest BCUT2D eigenvalue weighted by molar-refractivity contribution is 1.50. The highest BCUT2D eigenvalue weighted by molar-refractivity contribution is 7.79. The van der Waals surface area contributed by atoms with Gasteiger partial charge in [0, 0.05) is 5.37 Å². The normalized spacial score (nSPS) is 11.2. The van der Waals surface area contributed by atoms with Crippen LogP contribution in [-0.4, -0.2) is 5.37 Å². The van der Waals surface area contributed by atoms with Gasteiger partial charge in [0.25, 0.3) is 0 Å². The van der Waals surface area contributed by atoms with Gasteiger partial charge in [0.15, 0.2) is 0 Å². The molecule has 2 heteroatoms. The maximum absolute atomic E-state index is 5.02. The molecule has 0 amide bonds. The Labute approximate surface area is 42.8 Å². The van der Waals surface area contributed by atoms with Crippen LogP contribution in [0, 0.1) is 0 Å². The summed E-state index contributed by atoms with van der Waals surface area (Å²) in [6.07, 6.45) is 1.48. The van der Waals surface area contributed by atoms with Crippen molar-refractivity contribution in [1.29, 1.82) is 0 Å².